The van der Waals surface area contributed by atoms with Gasteiger partial charge in [0.1, 0.15) is 0 Å². The molecule has 15 heavy (non-hydrogen) atoms. The van der Waals surface area contributed by atoms with Crippen LogP contribution >= 0.6 is 15.9 Å². The number of hydrogen-bond donors (Lipinski definition) is 0. The molecule has 0 aliphatic heterocycles. The summed E-state index contributed by atoms with van der Waals surface area (Å²) in [4.78, 5) is 2.66. The van der Waals surface area contributed by atoms with Gasteiger partial charge in [0.2, 0.25) is 0 Å². The van der Waals surface area contributed by atoms with Gasteiger partial charge in [0.15, 0.2) is 0 Å². The van der Waals surface area contributed by atoms with Crippen LogP contribution in [0.1, 0.15) is 17.5 Å². The Labute approximate surface area is 97.3 Å². The van der Waals surface area contributed by atoms with E-state index in [0.29, 0.717) is 13.0 Å². The van der Waals surface area contributed by atoms with Gasteiger partial charge in [-0.15, -0.1) is 0 Å². The monoisotopic (exact) mass is 263 g/mol. The van der Waals surface area contributed by atoms with Crippen LogP contribution in [-0.4, -0.2) is 6.54 Å². The molecule has 3 nitrogen and oxygen atoms in total. The minimum atomic E-state index is 0.431. The van der Waals surface area contributed by atoms with Crippen LogP contribution in [0.4, 0.5) is 0 Å². The molecule has 1 rings (SSSR count). The van der Waals surface area contributed by atoms with E-state index in [1.807, 2.05) is 24.3 Å². The Hall–Kier alpha value is -1.43. The van der Waals surface area contributed by atoms with Crippen LogP contribution in [-0.2, 0) is 5.33 Å². The number of rotatable bonds is 3. The molecule has 1 aromatic carbocycles. The highest BCUT2D eigenvalue weighted by Gasteiger charge is 1.94. The lowest BCUT2D eigenvalue weighted by Gasteiger charge is -1.97. The topological polar surface area (TPSA) is 48.8 Å². The second-order valence-electron chi connectivity index (χ2n) is 2.80. The third-order valence-corrected chi connectivity index (χ3v) is 2.39. The summed E-state index contributed by atoms with van der Waals surface area (Å²) in [5.41, 5.74) is 10.3. The first-order chi connectivity index (χ1) is 7.38. The van der Waals surface area contributed by atoms with Crippen molar-refractivity contribution in [1.82, 2.24) is 0 Å². The predicted molar refractivity (Wildman–Crippen MR) is 64.6 cm³/mol. The van der Waals surface area contributed by atoms with Crippen LogP contribution < -0.4 is 0 Å². The van der Waals surface area contributed by atoms with Gasteiger partial charge in [-0.1, -0.05) is 51.1 Å². The summed E-state index contributed by atoms with van der Waals surface area (Å²) >= 11 is 3.41. The number of nitrogens with zero attached hydrogens (tertiary/aromatic N) is 3. The van der Waals surface area contributed by atoms with Crippen molar-refractivity contribution in [3.63, 3.8) is 0 Å². The summed E-state index contributed by atoms with van der Waals surface area (Å²) < 4.78 is 0. The molecule has 0 amide bonds. The summed E-state index contributed by atoms with van der Waals surface area (Å²) in [5.74, 6) is 6.04. The van der Waals surface area contributed by atoms with E-state index in [-0.39, 0.29) is 0 Å². The highest BCUT2D eigenvalue weighted by molar-refractivity contribution is 9.08. The maximum atomic E-state index is 8.07. The maximum absolute atomic E-state index is 8.07. The van der Waals surface area contributed by atoms with E-state index < -0.39 is 0 Å². The minimum Gasteiger partial charge on any atom is -0.0978 e. The molecule has 0 radical (unpaired) electrons. The summed E-state index contributed by atoms with van der Waals surface area (Å²) in [6.45, 7) is 0.431. The van der Waals surface area contributed by atoms with Crippen molar-refractivity contribution >= 4 is 15.9 Å². The fourth-order valence-electron chi connectivity index (χ4n) is 1.07. The number of benzene rings is 1. The summed E-state index contributed by atoms with van der Waals surface area (Å²) in [6, 6.07) is 7.97. The Balaban J connectivity index is 2.66. The van der Waals surface area contributed by atoms with Crippen molar-refractivity contribution in [2.45, 2.75) is 11.8 Å². The molecule has 0 N–H and O–H groups in total. The average molecular weight is 264 g/mol. The Morgan fingerprint density at radius 2 is 2.20 bits per heavy atom. The van der Waals surface area contributed by atoms with Crippen LogP contribution in [0, 0.1) is 11.8 Å². The van der Waals surface area contributed by atoms with Gasteiger partial charge in [-0.3, -0.25) is 0 Å². The van der Waals surface area contributed by atoms with Crippen LogP contribution in [0.3, 0.4) is 0 Å². The van der Waals surface area contributed by atoms with Gasteiger partial charge in [0, 0.05) is 28.8 Å². The summed E-state index contributed by atoms with van der Waals surface area (Å²) in [6.07, 6.45) is 0.598. The number of halogens is 1. The highest BCUT2D eigenvalue weighted by atomic mass is 79.9. The Morgan fingerprint density at radius 3 is 2.93 bits per heavy atom. The molecule has 0 saturated heterocycles. The van der Waals surface area contributed by atoms with Crippen LogP contribution in [0.25, 0.3) is 10.4 Å². The summed E-state index contributed by atoms with van der Waals surface area (Å²) in [7, 11) is 0. The minimum absolute atomic E-state index is 0.431. The molecule has 0 aromatic heterocycles. The predicted octanol–water partition coefficient (Wildman–Crippen LogP) is 3.63. The van der Waals surface area contributed by atoms with Gasteiger partial charge in [-0.05, 0) is 17.2 Å². The number of hydrogen-bond acceptors (Lipinski definition) is 1. The maximum Gasteiger partial charge on any atom is 0.0367 e. The lowest BCUT2D eigenvalue weighted by atomic mass is 10.1. The Kier molecular flexibility index (Phi) is 5.39. The molecule has 0 saturated carbocycles. The first-order valence-electron chi connectivity index (χ1n) is 4.52. The molecule has 0 aliphatic rings. The fourth-order valence-corrected chi connectivity index (χ4v) is 1.56. The average Bonchev–Trinajstić information content (AvgIpc) is 2.29. The highest BCUT2D eigenvalue weighted by Crippen LogP contribution is 2.10. The van der Waals surface area contributed by atoms with Crippen molar-refractivity contribution in [3.05, 3.63) is 45.8 Å². The molecule has 0 heterocycles. The zero-order chi connectivity index (χ0) is 10.9. The van der Waals surface area contributed by atoms with Crippen LogP contribution in [0.2, 0.25) is 0 Å². The quantitative estimate of drug-likeness (QED) is 0.200. The summed E-state index contributed by atoms with van der Waals surface area (Å²) in [5, 5.41) is 4.21. The second kappa shape index (κ2) is 6.94. The van der Waals surface area contributed by atoms with Gasteiger partial charge in [0.25, 0.3) is 0 Å². The zero-order valence-electron chi connectivity index (χ0n) is 8.15. The standard InChI is InChI=1S/C11H10BrN3/c12-9-11-7-2-1-5-10(11)6-3-4-8-14-15-13/h1-2,5,7H,4,8-9H2. The van der Waals surface area contributed by atoms with E-state index in [2.05, 4.69) is 37.8 Å². The van der Waals surface area contributed by atoms with Crippen molar-refractivity contribution in [3.8, 4) is 11.8 Å². The van der Waals surface area contributed by atoms with Crippen LogP contribution in [0.15, 0.2) is 29.4 Å². The molecule has 4 heteroatoms. The molecule has 0 atom stereocenters. The molecule has 0 aliphatic carbocycles. The third kappa shape index (κ3) is 4.07. The van der Waals surface area contributed by atoms with E-state index in [1.165, 1.54) is 5.56 Å². The molecule has 0 spiro atoms. The lowest BCUT2D eigenvalue weighted by molar-refractivity contribution is 1.01. The Bertz CT molecular complexity index is 425. The molecular formula is C11H10BrN3. The molecule has 0 bridgehead atoms. The van der Waals surface area contributed by atoms with E-state index in [4.69, 9.17) is 5.53 Å². The smallest absolute Gasteiger partial charge is 0.0367 e. The second-order valence-corrected chi connectivity index (χ2v) is 3.36. The van der Waals surface area contributed by atoms with Gasteiger partial charge < -0.3 is 0 Å². The first kappa shape index (κ1) is 11.6. The zero-order valence-corrected chi connectivity index (χ0v) is 9.74. The van der Waals surface area contributed by atoms with Crippen molar-refractivity contribution in [1.29, 1.82) is 0 Å². The van der Waals surface area contributed by atoms with Crippen molar-refractivity contribution in [2.24, 2.45) is 5.11 Å². The molecule has 0 fully saturated rings. The van der Waals surface area contributed by atoms with E-state index in [9.17, 15) is 0 Å². The fraction of sp³-hybridized carbons (Fsp3) is 0.273. The van der Waals surface area contributed by atoms with E-state index >= 15 is 0 Å². The third-order valence-electron chi connectivity index (χ3n) is 1.78. The number of alkyl halides is 1. The van der Waals surface area contributed by atoms with E-state index in [1.54, 1.807) is 0 Å². The van der Waals surface area contributed by atoms with Gasteiger partial charge >= 0.3 is 0 Å². The van der Waals surface area contributed by atoms with Crippen molar-refractivity contribution in [2.75, 3.05) is 6.54 Å². The van der Waals surface area contributed by atoms with Crippen molar-refractivity contribution < 1.29 is 0 Å². The number of azide groups is 1. The van der Waals surface area contributed by atoms with Crippen LogP contribution in [0.5, 0.6) is 0 Å². The molecular weight excluding hydrogens is 254 g/mol. The Morgan fingerprint density at radius 1 is 1.40 bits per heavy atom. The van der Waals surface area contributed by atoms with Gasteiger partial charge in [-0.2, -0.15) is 0 Å². The first-order valence-corrected chi connectivity index (χ1v) is 5.64. The molecule has 0 unspecified atom stereocenters. The largest absolute Gasteiger partial charge is 0.0978 e. The van der Waals surface area contributed by atoms with E-state index in [0.717, 1.165) is 10.9 Å². The van der Waals surface area contributed by atoms with Gasteiger partial charge in [-0.25, -0.2) is 0 Å². The van der Waals surface area contributed by atoms with Gasteiger partial charge in [0.05, 0.1) is 0 Å². The lowest BCUT2D eigenvalue weighted by Crippen LogP contribution is -1.84. The SMILES string of the molecule is [N-]=[N+]=NCCC#Cc1ccccc1CBr. The normalized spacial score (nSPS) is 8.60. The molecule has 1 aromatic rings. The molecule has 76 valence electrons.